The highest BCUT2D eigenvalue weighted by atomic mass is 35.5. The third kappa shape index (κ3) is 2.66. The molecule has 0 atom stereocenters. The molecule has 3 N–H and O–H groups in total. The second kappa shape index (κ2) is 5.24. The molecule has 0 aromatic heterocycles. The summed E-state index contributed by atoms with van der Waals surface area (Å²) >= 11 is 5.74. The number of amides is 1. The Morgan fingerprint density at radius 2 is 1.74 bits per heavy atom. The lowest BCUT2D eigenvalue weighted by molar-refractivity contribution is 0.102. The molecule has 3 nitrogen and oxygen atoms in total. The Balaban J connectivity index is 2.37. The molecule has 2 aromatic rings. The third-order valence-electron chi connectivity index (χ3n) is 2.47. The zero-order valence-electron chi connectivity index (χ0n) is 9.58. The van der Waals surface area contributed by atoms with Crippen molar-refractivity contribution in [2.45, 2.75) is 0 Å². The summed E-state index contributed by atoms with van der Waals surface area (Å²) in [6.07, 6.45) is 0. The monoisotopic (exact) mass is 282 g/mol. The number of carbonyl (C=O) groups excluding carboxylic acids is 1. The van der Waals surface area contributed by atoms with E-state index >= 15 is 0 Å². The van der Waals surface area contributed by atoms with E-state index in [1.807, 2.05) is 0 Å². The number of nitrogens with two attached hydrogens (primary N) is 1. The van der Waals surface area contributed by atoms with Gasteiger partial charge in [0, 0.05) is 0 Å². The molecule has 0 fully saturated rings. The fourth-order valence-electron chi connectivity index (χ4n) is 1.56. The summed E-state index contributed by atoms with van der Waals surface area (Å²) in [4.78, 5) is 11.9. The van der Waals surface area contributed by atoms with Crippen LogP contribution in [0.1, 0.15) is 10.4 Å². The molecule has 1 amide bonds. The first-order valence-corrected chi connectivity index (χ1v) is 5.68. The first-order chi connectivity index (χ1) is 9.00. The number of nitrogens with one attached hydrogen (secondary N) is 1. The fraction of sp³-hybridized carbons (Fsp3) is 0. The topological polar surface area (TPSA) is 55.1 Å². The summed E-state index contributed by atoms with van der Waals surface area (Å²) in [5, 5.41) is 2.15. The molecule has 0 aliphatic rings. The number of hydrogen-bond acceptors (Lipinski definition) is 2. The maximum Gasteiger partial charge on any atom is 0.260 e. The van der Waals surface area contributed by atoms with E-state index in [0.717, 1.165) is 12.1 Å². The van der Waals surface area contributed by atoms with E-state index in [9.17, 15) is 13.6 Å². The van der Waals surface area contributed by atoms with Crippen molar-refractivity contribution in [2.75, 3.05) is 11.1 Å². The lowest BCUT2D eigenvalue weighted by atomic mass is 10.2. The van der Waals surface area contributed by atoms with Crippen molar-refractivity contribution in [3.05, 3.63) is 58.6 Å². The Morgan fingerprint density at radius 1 is 1.11 bits per heavy atom. The Labute approximate surface area is 113 Å². The van der Waals surface area contributed by atoms with Gasteiger partial charge in [-0.15, -0.1) is 0 Å². The van der Waals surface area contributed by atoms with E-state index in [4.69, 9.17) is 17.3 Å². The average Bonchev–Trinajstić information content (AvgIpc) is 2.34. The van der Waals surface area contributed by atoms with Crippen LogP contribution in [-0.4, -0.2) is 5.91 Å². The highest BCUT2D eigenvalue weighted by Crippen LogP contribution is 2.25. The number of rotatable bonds is 2. The molecular weight excluding hydrogens is 274 g/mol. The molecular formula is C13H9ClF2N2O. The highest BCUT2D eigenvalue weighted by Gasteiger charge is 2.18. The van der Waals surface area contributed by atoms with Gasteiger partial charge in [0.1, 0.15) is 17.3 Å². The molecule has 0 heterocycles. The van der Waals surface area contributed by atoms with Crippen LogP contribution in [0.4, 0.5) is 20.2 Å². The van der Waals surface area contributed by atoms with Gasteiger partial charge < -0.3 is 11.1 Å². The van der Waals surface area contributed by atoms with Crippen LogP contribution < -0.4 is 11.1 Å². The number of anilines is 2. The van der Waals surface area contributed by atoms with Gasteiger partial charge in [-0.05, 0) is 24.3 Å². The predicted molar refractivity (Wildman–Crippen MR) is 70.2 cm³/mol. The first-order valence-electron chi connectivity index (χ1n) is 5.30. The molecule has 0 saturated carbocycles. The zero-order chi connectivity index (χ0) is 14.0. The Morgan fingerprint density at radius 3 is 2.37 bits per heavy atom. The van der Waals surface area contributed by atoms with Crippen molar-refractivity contribution >= 4 is 28.9 Å². The van der Waals surface area contributed by atoms with Crippen LogP contribution in [0.5, 0.6) is 0 Å². The van der Waals surface area contributed by atoms with E-state index in [-0.39, 0.29) is 22.0 Å². The third-order valence-corrected chi connectivity index (χ3v) is 2.79. The minimum absolute atomic E-state index is 0.0424. The molecule has 2 aromatic carbocycles. The van der Waals surface area contributed by atoms with Gasteiger partial charge >= 0.3 is 0 Å². The molecule has 2 rings (SSSR count). The fourth-order valence-corrected chi connectivity index (χ4v) is 1.81. The van der Waals surface area contributed by atoms with E-state index in [2.05, 4.69) is 5.32 Å². The van der Waals surface area contributed by atoms with Gasteiger partial charge in [0.15, 0.2) is 0 Å². The highest BCUT2D eigenvalue weighted by molar-refractivity contribution is 6.34. The number of halogens is 3. The molecule has 0 aliphatic carbocycles. The molecule has 0 radical (unpaired) electrons. The first kappa shape index (κ1) is 13.3. The summed E-state index contributed by atoms with van der Waals surface area (Å²) in [6.45, 7) is 0. The van der Waals surface area contributed by atoms with Gasteiger partial charge in [-0.2, -0.15) is 0 Å². The minimum Gasteiger partial charge on any atom is -0.397 e. The van der Waals surface area contributed by atoms with Crippen molar-refractivity contribution < 1.29 is 13.6 Å². The zero-order valence-corrected chi connectivity index (χ0v) is 10.3. The summed E-state index contributed by atoms with van der Waals surface area (Å²) < 4.78 is 27.0. The van der Waals surface area contributed by atoms with Crippen molar-refractivity contribution in [3.8, 4) is 0 Å². The number of benzene rings is 2. The van der Waals surface area contributed by atoms with Gasteiger partial charge in [-0.1, -0.05) is 23.7 Å². The number of nitrogen functional groups attached to an aromatic ring is 1. The molecule has 0 bridgehead atoms. The maximum absolute atomic E-state index is 13.5. The van der Waals surface area contributed by atoms with Crippen LogP contribution in [0.3, 0.4) is 0 Å². The van der Waals surface area contributed by atoms with Gasteiger partial charge in [-0.3, -0.25) is 4.79 Å². The molecule has 0 aliphatic heterocycles. The normalized spacial score (nSPS) is 10.3. The average molecular weight is 283 g/mol. The second-order valence-corrected chi connectivity index (χ2v) is 4.16. The molecule has 0 unspecified atom stereocenters. The Hall–Kier alpha value is -2.14. The number of para-hydroxylation sites is 1. The lowest BCUT2D eigenvalue weighted by Crippen LogP contribution is -2.16. The SMILES string of the molecule is Nc1cccc(F)c1NC(=O)c1c(F)cccc1Cl. The standard InChI is InChI=1S/C13H9ClF2N2O/c14-7-3-1-4-8(15)11(7)13(19)18-12-9(16)5-2-6-10(12)17/h1-6H,17H2,(H,18,19). The lowest BCUT2D eigenvalue weighted by Gasteiger charge is -2.10. The van der Waals surface area contributed by atoms with Crippen LogP contribution in [0.25, 0.3) is 0 Å². The molecule has 19 heavy (non-hydrogen) atoms. The van der Waals surface area contributed by atoms with Crippen LogP contribution in [-0.2, 0) is 0 Å². The smallest absolute Gasteiger partial charge is 0.260 e. The van der Waals surface area contributed by atoms with Gasteiger partial charge in [-0.25, -0.2) is 8.78 Å². The second-order valence-electron chi connectivity index (χ2n) is 3.75. The Kier molecular flexibility index (Phi) is 3.66. The number of carbonyl (C=O) groups is 1. The van der Waals surface area contributed by atoms with Gasteiger partial charge in [0.2, 0.25) is 0 Å². The van der Waals surface area contributed by atoms with Crippen LogP contribution >= 0.6 is 11.6 Å². The van der Waals surface area contributed by atoms with Crippen LogP contribution in [0, 0.1) is 11.6 Å². The van der Waals surface area contributed by atoms with E-state index in [1.54, 1.807) is 0 Å². The van der Waals surface area contributed by atoms with E-state index < -0.39 is 17.5 Å². The Bertz CT molecular complexity index is 606. The minimum atomic E-state index is -0.861. The van der Waals surface area contributed by atoms with Gasteiger partial charge in [0.05, 0.1) is 16.3 Å². The van der Waals surface area contributed by atoms with E-state index in [1.165, 1.54) is 24.3 Å². The summed E-state index contributed by atoms with van der Waals surface area (Å²) in [5.74, 6) is -2.36. The van der Waals surface area contributed by atoms with Crippen LogP contribution in [0.15, 0.2) is 36.4 Å². The summed E-state index contributed by atoms with van der Waals surface area (Å²) in [7, 11) is 0. The van der Waals surface area contributed by atoms with E-state index in [0.29, 0.717) is 0 Å². The molecule has 0 spiro atoms. The molecule has 6 heteroatoms. The van der Waals surface area contributed by atoms with Crippen LogP contribution in [0.2, 0.25) is 5.02 Å². The largest absolute Gasteiger partial charge is 0.397 e. The summed E-state index contributed by atoms with van der Waals surface area (Å²) in [5.41, 5.74) is 5.03. The quantitative estimate of drug-likeness (QED) is 0.829. The summed E-state index contributed by atoms with van der Waals surface area (Å²) in [6, 6.07) is 7.77. The van der Waals surface area contributed by atoms with Crippen molar-refractivity contribution in [1.29, 1.82) is 0 Å². The van der Waals surface area contributed by atoms with Crippen molar-refractivity contribution in [3.63, 3.8) is 0 Å². The molecule has 98 valence electrons. The van der Waals surface area contributed by atoms with Gasteiger partial charge in [0.25, 0.3) is 5.91 Å². The molecule has 0 saturated heterocycles. The van der Waals surface area contributed by atoms with Crippen molar-refractivity contribution in [1.82, 2.24) is 0 Å². The van der Waals surface area contributed by atoms with Crippen molar-refractivity contribution in [2.24, 2.45) is 0 Å². The number of hydrogen-bond donors (Lipinski definition) is 2. The predicted octanol–water partition coefficient (Wildman–Crippen LogP) is 3.45. The maximum atomic E-state index is 13.5.